The lowest BCUT2D eigenvalue weighted by Gasteiger charge is -2.12. The fourth-order valence-electron chi connectivity index (χ4n) is 1.75. The predicted octanol–water partition coefficient (Wildman–Crippen LogP) is 4.48. The smallest absolute Gasteiger partial charge is 0.211 e. The monoisotopic (exact) mass is 271 g/mol. The summed E-state index contributed by atoms with van der Waals surface area (Å²) in [7, 11) is 0. The summed E-state index contributed by atoms with van der Waals surface area (Å²) in [5.41, 5.74) is -0.797. The summed E-state index contributed by atoms with van der Waals surface area (Å²) in [6, 6.07) is 6.62. The Bertz CT molecular complexity index is 660. The zero-order valence-electron chi connectivity index (χ0n) is 8.75. The van der Waals surface area contributed by atoms with Crippen LogP contribution in [0.15, 0.2) is 35.3 Å². The number of nitrogens with zero attached hydrogens (tertiary/aromatic N) is 1. The predicted molar refractivity (Wildman–Crippen MR) is 61.7 cm³/mol. The van der Waals surface area contributed by atoms with Crippen molar-refractivity contribution in [3.63, 3.8) is 0 Å². The van der Waals surface area contributed by atoms with Crippen molar-refractivity contribution in [1.82, 2.24) is 0 Å². The minimum absolute atomic E-state index is 0.0912. The molecule has 2 aromatic carbocycles. The molecule has 0 radical (unpaired) electrons. The van der Waals surface area contributed by atoms with Gasteiger partial charge in [-0.05, 0) is 17.5 Å². The first-order valence-corrected chi connectivity index (χ1v) is 5.19. The van der Waals surface area contributed by atoms with Gasteiger partial charge in [0.1, 0.15) is 0 Å². The molecule has 0 saturated heterocycles. The first-order valence-electron chi connectivity index (χ1n) is 4.81. The van der Waals surface area contributed by atoms with Crippen LogP contribution in [0.3, 0.4) is 0 Å². The molecule has 0 fully saturated rings. The number of hydrogen-bond donors (Lipinski definition) is 0. The average Bonchev–Trinajstić information content (AvgIpc) is 2.27. The lowest BCUT2D eigenvalue weighted by Crippen LogP contribution is -2.06. The van der Waals surface area contributed by atoms with E-state index in [4.69, 9.17) is 11.6 Å². The largest absolute Gasteiger partial charge is 0.418 e. The number of isocyanates is 1. The zero-order valence-corrected chi connectivity index (χ0v) is 9.51. The molecule has 2 aromatic rings. The van der Waals surface area contributed by atoms with E-state index in [-0.39, 0.29) is 21.5 Å². The van der Waals surface area contributed by atoms with Gasteiger partial charge in [0.15, 0.2) is 0 Å². The fraction of sp³-hybridized carbons (Fsp3) is 0.0833. The summed E-state index contributed by atoms with van der Waals surface area (Å²) in [4.78, 5) is 13.6. The Balaban J connectivity index is 2.91. The minimum Gasteiger partial charge on any atom is -0.211 e. The molecule has 2 rings (SSSR count). The Kier molecular flexibility index (Phi) is 3.11. The van der Waals surface area contributed by atoms with Crippen molar-refractivity contribution in [2.24, 2.45) is 4.99 Å². The van der Waals surface area contributed by atoms with Gasteiger partial charge in [0.25, 0.3) is 0 Å². The molecule has 0 spiro atoms. The number of alkyl halides is 3. The third-order valence-electron chi connectivity index (χ3n) is 2.44. The van der Waals surface area contributed by atoms with Crippen molar-refractivity contribution in [3.05, 3.63) is 40.9 Å². The minimum atomic E-state index is -4.57. The quantitative estimate of drug-likeness (QED) is 0.555. The molecule has 0 aliphatic rings. The fourth-order valence-corrected chi connectivity index (χ4v) is 2.02. The van der Waals surface area contributed by atoms with Crippen LogP contribution < -0.4 is 0 Å². The van der Waals surface area contributed by atoms with Gasteiger partial charge in [-0.2, -0.15) is 18.2 Å². The average molecular weight is 272 g/mol. The van der Waals surface area contributed by atoms with Crippen LogP contribution >= 0.6 is 11.6 Å². The number of fused-ring (bicyclic) bond motifs is 1. The molecule has 0 aliphatic heterocycles. The van der Waals surface area contributed by atoms with Gasteiger partial charge in [0.2, 0.25) is 6.08 Å². The number of carbonyl (C=O) groups excluding carboxylic acids is 1. The normalized spacial score (nSPS) is 11.3. The van der Waals surface area contributed by atoms with Crippen LogP contribution in [0.25, 0.3) is 10.8 Å². The van der Waals surface area contributed by atoms with Crippen molar-refractivity contribution in [3.8, 4) is 0 Å². The van der Waals surface area contributed by atoms with Gasteiger partial charge in [0.05, 0.1) is 16.3 Å². The van der Waals surface area contributed by atoms with Crippen LogP contribution in [-0.4, -0.2) is 6.08 Å². The second kappa shape index (κ2) is 4.44. The van der Waals surface area contributed by atoms with Crippen LogP contribution in [0.4, 0.5) is 18.9 Å². The van der Waals surface area contributed by atoms with Gasteiger partial charge in [-0.25, -0.2) is 4.79 Å². The van der Waals surface area contributed by atoms with E-state index < -0.39 is 11.7 Å². The lowest BCUT2D eigenvalue weighted by molar-refractivity contribution is -0.136. The number of aliphatic imine (C=N–C) groups is 1. The highest BCUT2D eigenvalue weighted by molar-refractivity contribution is 6.32. The highest BCUT2D eigenvalue weighted by atomic mass is 35.5. The molecular formula is C12H5ClF3NO. The third kappa shape index (κ3) is 2.10. The Hall–Kier alpha value is -1.84. The Morgan fingerprint density at radius 1 is 1.11 bits per heavy atom. The van der Waals surface area contributed by atoms with Crippen LogP contribution in [0.1, 0.15) is 5.56 Å². The first kappa shape index (κ1) is 12.6. The first-order chi connectivity index (χ1) is 8.45. The van der Waals surface area contributed by atoms with Gasteiger partial charge in [-0.1, -0.05) is 29.8 Å². The number of rotatable bonds is 1. The van der Waals surface area contributed by atoms with E-state index >= 15 is 0 Å². The summed E-state index contributed by atoms with van der Waals surface area (Å²) in [6.07, 6.45) is -3.26. The Morgan fingerprint density at radius 2 is 1.83 bits per heavy atom. The molecular weight excluding hydrogens is 267 g/mol. The van der Waals surface area contributed by atoms with Gasteiger partial charge >= 0.3 is 6.18 Å². The van der Waals surface area contributed by atoms with Gasteiger partial charge in [-0.15, -0.1) is 0 Å². The molecule has 0 aliphatic carbocycles. The zero-order chi connectivity index (χ0) is 13.3. The molecule has 18 heavy (non-hydrogen) atoms. The number of hydrogen-bond acceptors (Lipinski definition) is 2. The van der Waals surface area contributed by atoms with Crippen LogP contribution in [0.2, 0.25) is 5.02 Å². The van der Waals surface area contributed by atoms with E-state index in [0.29, 0.717) is 0 Å². The summed E-state index contributed by atoms with van der Waals surface area (Å²) in [6.45, 7) is 0. The highest BCUT2D eigenvalue weighted by Gasteiger charge is 2.35. The van der Waals surface area contributed by atoms with Gasteiger partial charge in [-0.3, -0.25) is 0 Å². The summed E-state index contributed by atoms with van der Waals surface area (Å²) >= 11 is 5.59. The molecule has 0 N–H and O–H groups in total. The molecule has 0 unspecified atom stereocenters. The summed E-state index contributed by atoms with van der Waals surface area (Å²) < 4.78 is 38.7. The van der Waals surface area contributed by atoms with Crippen molar-refractivity contribution in [2.45, 2.75) is 6.18 Å². The molecule has 0 saturated carbocycles. The third-order valence-corrected chi connectivity index (χ3v) is 2.75. The molecule has 0 heterocycles. The molecule has 6 heteroatoms. The SMILES string of the molecule is O=C=Nc1cccc2c(C(F)(F)F)c(Cl)ccc12. The maximum Gasteiger partial charge on any atom is 0.418 e. The summed E-state index contributed by atoms with van der Waals surface area (Å²) in [5.74, 6) is 0. The van der Waals surface area contributed by atoms with Crippen LogP contribution in [0, 0.1) is 0 Å². The molecule has 2 nitrogen and oxygen atoms in total. The number of benzene rings is 2. The van der Waals surface area contributed by atoms with Crippen molar-refractivity contribution in [2.75, 3.05) is 0 Å². The van der Waals surface area contributed by atoms with Gasteiger partial charge in [0, 0.05) is 5.39 Å². The van der Waals surface area contributed by atoms with Gasteiger partial charge < -0.3 is 0 Å². The van der Waals surface area contributed by atoms with E-state index in [1.165, 1.54) is 30.3 Å². The van der Waals surface area contributed by atoms with E-state index in [0.717, 1.165) is 6.07 Å². The van der Waals surface area contributed by atoms with Crippen molar-refractivity contribution >= 4 is 34.1 Å². The molecule has 0 aromatic heterocycles. The second-order valence-corrected chi connectivity index (χ2v) is 3.90. The molecule has 0 amide bonds. The molecule has 92 valence electrons. The highest BCUT2D eigenvalue weighted by Crippen LogP contribution is 2.41. The van der Waals surface area contributed by atoms with E-state index in [2.05, 4.69) is 4.99 Å². The standard InChI is InChI=1S/C12H5ClF3NO/c13-9-5-4-7-8(11(9)12(14,15)16)2-1-3-10(7)17-6-18/h1-5H. The van der Waals surface area contributed by atoms with E-state index in [1.54, 1.807) is 0 Å². The van der Waals surface area contributed by atoms with E-state index in [1.807, 2.05) is 0 Å². The maximum absolute atomic E-state index is 12.9. The van der Waals surface area contributed by atoms with Crippen LogP contribution in [-0.2, 0) is 11.0 Å². The lowest BCUT2D eigenvalue weighted by atomic mass is 10.0. The van der Waals surface area contributed by atoms with Crippen molar-refractivity contribution in [1.29, 1.82) is 0 Å². The van der Waals surface area contributed by atoms with E-state index in [9.17, 15) is 18.0 Å². The topological polar surface area (TPSA) is 29.4 Å². The Morgan fingerprint density at radius 3 is 2.44 bits per heavy atom. The van der Waals surface area contributed by atoms with Crippen LogP contribution in [0.5, 0.6) is 0 Å². The molecule has 0 atom stereocenters. The maximum atomic E-state index is 12.9. The Labute approximate surface area is 105 Å². The molecule has 0 bridgehead atoms. The second-order valence-electron chi connectivity index (χ2n) is 3.50. The summed E-state index contributed by atoms with van der Waals surface area (Å²) in [5, 5.41) is -0.272. The van der Waals surface area contributed by atoms with Crippen molar-refractivity contribution < 1.29 is 18.0 Å². The number of halogens is 4.